The zero-order valence-corrected chi connectivity index (χ0v) is 12.8. The molecule has 2 bridgehead atoms. The number of hydrogen-bond acceptors (Lipinski definition) is 4. The summed E-state index contributed by atoms with van der Waals surface area (Å²) >= 11 is 0. The first-order valence-electron chi connectivity index (χ1n) is 7.88. The van der Waals surface area contributed by atoms with Gasteiger partial charge in [0.05, 0.1) is 23.1 Å². The Bertz CT molecular complexity index is 772. The van der Waals surface area contributed by atoms with Gasteiger partial charge in [0.1, 0.15) is 0 Å². The summed E-state index contributed by atoms with van der Waals surface area (Å²) < 4.78 is 4.85. The highest BCUT2D eigenvalue weighted by molar-refractivity contribution is 6.22. The first kappa shape index (κ1) is 14.7. The lowest BCUT2D eigenvalue weighted by Crippen LogP contribution is -2.32. The molecular formula is C19H15NO4. The van der Waals surface area contributed by atoms with Crippen molar-refractivity contribution in [2.75, 3.05) is 11.5 Å². The van der Waals surface area contributed by atoms with Crippen molar-refractivity contribution in [1.29, 1.82) is 0 Å². The number of carbonyl (C=O) groups excluding carboxylic acids is 3. The lowest BCUT2D eigenvalue weighted by atomic mass is 9.85. The molecule has 1 saturated carbocycles. The molecule has 3 aliphatic rings. The molecule has 1 aromatic rings. The summed E-state index contributed by atoms with van der Waals surface area (Å²) in [7, 11) is 0. The summed E-state index contributed by atoms with van der Waals surface area (Å²) in [6.45, 7) is -0.0944. The number of benzene rings is 1. The number of ether oxygens (including phenoxy) is 1. The smallest absolute Gasteiger partial charge is 0.339 e. The van der Waals surface area contributed by atoms with Crippen molar-refractivity contribution in [2.45, 2.75) is 6.42 Å². The van der Waals surface area contributed by atoms with E-state index in [0.717, 1.165) is 6.42 Å². The van der Waals surface area contributed by atoms with Crippen molar-refractivity contribution < 1.29 is 19.1 Å². The summed E-state index contributed by atoms with van der Waals surface area (Å²) in [5, 5.41) is 0. The Morgan fingerprint density at radius 3 is 2.25 bits per heavy atom. The second kappa shape index (κ2) is 5.34. The zero-order valence-electron chi connectivity index (χ0n) is 12.8. The quantitative estimate of drug-likeness (QED) is 0.368. The number of imide groups is 1. The number of allylic oxidation sites excluding steroid dienone is 2. The molecule has 5 heteroatoms. The summed E-state index contributed by atoms with van der Waals surface area (Å²) in [5.41, 5.74) is 0.822. The van der Waals surface area contributed by atoms with E-state index in [0.29, 0.717) is 11.3 Å². The molecule has 2 fully saturated rings. The van der Waals surface area contributed by atoms with Gasteiger partial charge in [-0.1, -0.05) is 18.1 Å². The average molecular weight is 321 g/mol. The molecule has 5 nitrogen and oxygen atoms in total. The van der Waals surface area contributed by atoms with Crippen LogP contribution in [0.15, 0.2) is 36.4 Å². The third kappa shape index (κ3) is 2.00. The minimum absolute atomic E-state index is 0.0944. The molecule has 4 rings (SSSR count). The van der Waals surface area contributed by atoms with Crippen molar-refractivity contribution in [3.63, 3.8) is 0 Å². The standard InChI is InChI=1S/C19H15NO4/c1-2-9-24-19(23)11-5-7-14(8-6-11)20-17(21)15-12-3-4-13(10-12)16(15)18(20)22/h1,3-8,12-13,15-16H,9-10H2/t12-,13+,15+,16-. The van der Waals surface area contributed by atoms with Gasteiger partial charge in [0.15, 0.2) is 6.61 Å². The van der Waals surface area contributed by atoms with Gasteiger partial charge in [0.25, 0.3) is 0 Å². The molecule has 1 aliphatic heterocycles. The molecule has 0 N–H and O–H groups in total. The Morgan fingerprint density at radius 1 is 1.12 bits per heavy atom. The van der Waals surface area contributed by atoms with E-state index in [1.54, 1.807) is 12.1 Å². The minimum Gasteiger partial charge on any atom is -0.449 e. The molecule has 0 aromatic heterocycles. The largest absolute Gasteiger partial charge is 0.449 e. The summed E-state index contributed by atoms with van der Waals surface area (Å²) in [5.74, 6) is 1.33. The summed E-state index contributed by atoms with van der Waals surface area (Å²) in [6, 6.07) is 6.27. The van der Waals surface area contributed by atoms with E-state index < -0.39 is 5.97 Å². The Labute approximate surface area is 139 Å². The number of amides is 2. The lowest BCUT2D eigenvalue weighted by Gasteiger charge is -2.17. The maximum absolute atomic E-state index is 12.7. The third-order valence-electron chi connectivity index (χ3n) is 5.12. The number of hydrogen-bond donors (Lipinski definition) is 0. The van der Waals surface area contributed by atoms with Gasteiger partial charge in [-0.25, -0.2) is 4.79 Å². The molecule has 24 heavy (non-hydrogen) atoms. The normalized spacial score (nSPS) is 29.7. The number of esters is 1. The fourth-order valence-corrected chi connectivity index (χ4v) is 4.09. The van der Waals surface area contributed by atoms with Crippen molar-refractivity contribution in [3.05, 3.63) is 42.0 Å². The van der Waals surface area contributed by atoms with Crippen LogP contribution in [-0.4, -0.2) is 24.4 Å². The van der Waals surface area contributed by atoms with Crippen LogP contribution in [0.4, 0.5) is 5.69 Å². The molecule has 1 saturated heterocycles. The van der Waals surface area contributed by atoms with E-state index in [1.165, 1.54) is 17.0 Å². The fourth-order valence-electron chi connectivity index (χ4n) is 4.09. The Morgan fingerprint density at radius 2 is 1.71 bits per heavy atom. The van der Waals surface area contributed by atoms with Crippen LogP contribution in [0.1, 0.15) is 16.8 Å². The van der Waals surface area contributed by atoms with Crippen LogP contribution in [0.2, 0.25) is 0 Å². The second-order valence-electron chi connectivity index (χ2n) is 6.34. The minimum atomic E-state index is -0.530. The first-order chi connectivity index (χ1) is 11.6. The second-order valence-corrected chi connectivity index (χ2v) is 6.34. The van der Waals surface area contributed by atoms with Gasteiger partial charge in [0, 0.05) is 0 Å². The fraction of sp³-hybridized carbons (Fsp3) is 0.316. The highest BCUT2D eigenvalue weighted by atomic mass is 16.5. The van der Waals surface area contributed by atoms with Gasteiger partial charge in [-0.05, 0) is 42.5 Å². The molecule has 120 valence electrons. The Hall–Kier alpha value is -2.87. The number of terminal acetylenes is 1. The monoisotopic (exact) mass is 321 g/mol. The molecule has 2 aliphatic carbocycles. The molecular weight excluding hydrogens is 306 g/mol. The Kier molecular flexibility index (Phi) is 3.27. The highest BCUT2D eigenvalue weighted by Gasteiger charge is 2.59. The summed E-state index contributed by atoms with van der Waals surface area (Å²) in [6.07, 6.45) is 10.1. The molecule has 0 radical (unpaired) electrons. The molecule has 0 spiro atoms. The van der Waals surface area contributed by atoms with E-state index in [-0.39, 0.29) is 42.1 Å². The number of nitrogens with zero attached hydrogens (tertiary/aromatic N) is 1. The SMILES string of the molecule is C#CCOC(=O)c1ccc(N2C(=O)[C@@H]3[C@H](C2=O)[C@H]2C=C[C@@H]3C2)cc1. The van der Waals surface area contributed by atoms with Gasteiger partial charge < -0.3 is 4.74 Å². The van der Waals surface area contributed by atoms with Crippen LogP contribution in [0.25, 0.3) is 0 Å². The van der Waals surface area contributed by atoms with Crippen LogP contribution < -0.4 is 4.90 Å². The maximum Gasteiger partial charge on any atom is 0.339 e. The maximum atomic E-state index is 12.7. The van der Waals surface area contributed by atoms with E-state index >= 15 is 0 Å². The van der Waals surface area contributed by atoms with Gasteiger partial charge in [-0.3, -0.25) is 14.5 Å². The van der Waals surface area contributed by atoms with Crippen LogP contribution in [-0.2, 0) is 14.3 Å². The first-order valence-corrected chi connectivity index (χ1v) is 7.88. The number of anilines is 1. The van der Waals surface area contributed by atoms with Gasteiger partial charge >= 0.3 is 5.97 Å². The average Bonchev–Trinajstić information content (AvgIpc) is 3.27. The van der Waals surface area contributed by atoms with E-state index in [4.69, 9.17) is 11.2 Å². The van der Waals surface area contributed by atoms with Crippen molar-refractivity contribution in [2.24, 2.45) is 23.7 Å². The number of carbonyl (C=O) groups is 3. The molecule has 1 aromatic carbocycles. The molecule has 0 unspecified atom stereocenters. The van der Waals surface area contributed by atoms with Crippen LogP contribution in [0.3, 0.4) is 0 Å². The molecule has 2 amide bonds. The summed E-state index contributed by atoms with van der Waals surface area (Å²) in [4.78, 5) is 38.4. The lowest BCUT2D eigenvalue weighted by molar-refractivity contribution is -0.123. The van der Waals surface area contributed by atoms with Gasteiger partial charge in [-0.2, -0.15) is 0 Å². The van der Waals surface area contributed by atoms with E-state index in [2.05, 4.69) is 18.1 Å². The van der Waals surface area contributed by atoms with Crippen molar-refractivity contribution in [3.8, 4) is 12.3 Å². The van der Waals surface area contributed by atoms with Gasteiger partial charge in [0.2, 0.25) is 11.8 Å². The topological polar surface area (TPSA) is 63.7 Å². The van der Waals surface area contributed by atoms with E-state index in [1.807, 2.05) is 0 Å². The predicted octanol–water partition coefficient (Wildman–Crippen LogP) is 1.79. The van der Waals surface area contributed by atoms with Gasteiger partial charge in [-0.15, -0.1) is 6.42 Å². The molecule has 4 atom stereocenters. The van der Waals surface area contributed by atoms with Crippen LogP contribution in [0.5, 0.6) is 0 Å². The third-order valence-corrected chi connectivity index (χ3v) is 5.12. The highest BCUT2D eigenvalue weighted by Crippen LogP contribution is 2.53. The van der Waals surface area contributed by atoms with E-state index in [9.17, 15) is 14.4 Å². The van der Waals surface area contributed by atoms with Crippen molar-refractivity contribution in [1.82, 2.24) is 0 Å². The van der Waals surface area contributed by atoms with Crippen molar-refractivity contribution >= 4 is 23.5 Å². The van der Waals surface area contributed by atoms with Crippen LogP contribution in [0, 0.1) is 36.0 Å². The Balaban J connectivity index is 1.57. The van der Waals surface area contributed by atoms with Crippen LogP contribution >= 0.6 is 0 Å². The predicted molar refractivity (Wildman–Crippen MR) is 85.8 cm³/mol. The number of fused-ring (bicyclic) bond motifs is 5. The number of rotatable bonds is 3. The molecule has 1 heterocycles. The zero-order chi connectivity index (χ0) is 16.8.